The second kappa shape index (κ2) is 29.2. The number of benzene rings is 20. The maximum Gasteiger partial charge on any atom is 0.160 e. The van der Waals surface area contributed by atoms with Crippen LogP contribution in [0.4, 0.5) is 0 Å². The average Bonchev–Trinajstić information content (AvgIpc) is 1.55. The number of aromatic nitrogens is 8. The van der Waals surface area contributed by atoms with Crippen LogP contribution in [0, 0.1) is 0 Å². The van der Waals surface area contributed by atoms with Gasteiger partial charge in [0.2, 0.25) is 0 Å². The zero-order valence-electron chi connectivity index (χ0n) is 69.3. The van der Waals surface area contributed by atoms with Gasteiger partial charge >= 0.3 is 0 Å². The van der Waals surface area contributed by atoms with Crippen molar-refractivity contribution in [3.05, 3.63) is 449 Å². The van der Waals surface area contributed by atoms with Crippen LogP contribution in [-0.2, 0) is 0 Å². The van der Waals surface area contributed by atoms with E-state index in [1.807, 2.05) is 0 Å². The predicted octanol–water partition coefficient (Wildman–Crippen LogP) is 31.3. The Kier molecular flexibility index (Phi) is 16.6. The molecular formula is C120H74N8. The Labute approximate surface area is 736 Å². The SMILES string of the molecule is c1ccc(-c2ccc(-c3cc(-c4ccc(-n5c6ccccc6c6c5ccc5c7ccc(-c8ccc(-c9cc(-c%10cccc%11ccccc%10%11)nc(-c%10cc(-n%11c%12ccccc%12c%12c%11ccc%11c%13ccccc%13n(-c%13ccccc%13)c%11%12)c%11ccccc%11c%10)n9)c9ccccc89)cc7n(-c7ccccc7)c56)c5ccccc45)nc(-c4ccc(-c5ccccc5)cc4)n3)cc2)cc1. The number of para-hydroxylation sites is 5. The molecule has 0 spiro atoms. The lowest BCUT2D eigenvalue weighted by atomic mass is 9.92. The molecule has 128 heavy (non-hydrogen) atoms. The van der Waals surface area contributed by atoms with Crippen LogP contribution in [-0.4, -0.2) is 38.2 Å². The van der Waals surface area contributed by atoms with E-state index in [1.165, 1.54) is 54.3 Å². The van der Waals surface area contributed by atoms with Crippen molar-refractivity contribution >= 4 is 130 Å². The summed E-state index contributed by atoms with van der Waals surface area (Å²) in [5.41, 5.74) is 29.5. The summed E-state index contributed by atoms with van der Waals surface area (Å²) in [5, 5.41) is 18.3. The molecule has 594 valence electrons. The third-order valence-corrected chi connectivity index (χ3v) is 26.4. The van der Waals surface area contributed by atoms with Crippen LogP contribution in [0.25, 0.3) is 254 Å². The second-order valence-electron chi connectivity index (χ2n) is 33.4. The summed E-state index contributed by atoms with van der Waals surface area (Å²) in [6.07, 6.45) is 0. The lowest BCUT2D eigenvalue weighted by molar-refractivity contribution is 1.17. The molecule has 26 aromatic rings. The van der Waals surface area contributed by atoms with Gasteiger partial charge in [-0.2, -0.15) is 0 Å². The van der Waals surface area contributed by atoms with E-state index in [4.69, 9.17) is 19.9 Å². The van der Waals surface area contributed by atoms with Crippen molar-refractivity contribution in [3.8, 4) is 124 Å². The van der Waals surface area contributed by atoms with Crippen LogP contribution in [0.5, 0.6) is 0 Å². The molecule has 0 aliphatic carbocycles. The maximum absolute atomic E-state index is 5.81. The lowest BCUT2D eigenvalue weighted by Gasteiger charge is -2.17. The van der Waals surface area contributed by atoms with Crippen molar-refractivity contribution in [2.24, 2.45) is 0 Å². The van der Waals surface area contributed by atoms with Gasteiger partial charge in [0.25, 0.3) is 0 Å². The minimum Gasteiger partial charge on any atom is -0.309 e. The molecule has 0 saturated heterocycles. The molecule has 6 aromatic heterocycles. The Bertz CT molecular complexity index is 8930. The molecule has 0 amide bonds. The van der Waals surface area contributed by atoms with Gasteiger partial charge in [-0.15, -0.1) is 0 Å². The van der Waals surface area contributed by atoms with E-state index >= 15 is 0 Å². The van der Waals surface area contributed by atoms with Crippen molar-refractivity contribution in [1.82, 2.24) is 38.2 Å². The molecule has 0 aliphatic heterocycles. The van der Waals surface area contributed by atoms with Crippen molar-refractivity contribution in [2.75, 3.05) is 0 Å². The highest BCUT2D eigenvalue weighted by Gasteiger charge is 2.28. The quantitative estimate of drug-likeness (QED) is 0.115. The molecule has 20 aromatic carbocycles. The summed E-state index contributed by atoms with van der Waals surface area (Å²) in [4.78, 5) is 22.4. The first-order valence-electron chi connectivity index (χ1n) is 43.7. The van der Waals surface area contributed by atoms with Gasteiger partial charge in [0.1, 0.15) is 0 Å². The van der Waals surface area contributed by atoms with Crippen molar-refractivity contribution < 1.29 is 0 Å². The number of hydrogen-bond acceptors (Lipinski definition) is 4. The summed E-state index contributed by atoms with van der Waals surface area (Å²) >= 11 is 0. The van der Waals surface area contributed by atoms with Crippen LogP contribution in [0.3, 0.4) is 0 Å². The summed E-state index contributed by atoms with van der Waals surface area (Å²) < 4.78 is 9.94. The van der Waals surface area contributed by atoms with Crippen LogP contribution < -0.4 is 0 Å². The Morgan fingerprint density at radius 2 is 0.531 bits per heavy atom. The normalized spacial score (nSPS) is 11.9. The highest BCUT2D eigenvalue weighted by Crippen LogP contribution is 2.49. The fourth-order valence-corrected chi connectivity index (χ4v) is 20.6. The van der Waals surface area contributed by atoms with Gasteiger partial charge in [-0.25, -0.2) is 19.9 Å². The van der Waals surface area contributed by atoms with E-state index in [2.05, 4.69) is 467 Å². The number of fused-ring (bicyclic) bond motifs is 18. The summed E-state index contributed by atoms with van der Waals surface area (Å²) in [7, 11) is 0. The Balaban J connectivity index is 0.624. The van der Waals surface area contributed by atoms with Gasteiger partial charge in [0.05, 0.1) is 78.3 Å². The molecule has 0 N–H and O–H groups in total. The van der Waals surface area contributed by atoms with Crippen LogP contribution in [0.1, 0.15) is 0 Å². The summed E-state index contributed by atoms with van der Waals surface area (Å²) in [6.45, 7) is 0. The molecule has 0 aliphatic rings. The van der Waals surface area contributed by atoms with E-state index < -0.39 is 0 Å². The third-order valence-electron chi connectivity index (χ3n) is 26.4. The minimum absolute atomic E-state index is 0.631. The van der Waals surface area contributed by atoms with Crippen LogP contribution in [0.2, 0.25) is 0 Å². The number of nitrogens with zero attached hydrogens (tertiary/aromatic N) is 8. The monoisotopic (exact) mass is 1630 g/mol. The predicted molar refractivity (Wildman–Crippen MR) is 534 cm³/mol. The number of rotatable bonds is 13. The van der Waals surface area contributed by atoms with Gasteiger partial charge in [0.15, 0.2) is 11.6 Å². The molecule has 8 heteroatoms. The van der Waals surface area contributed by atoms with Crippen LogP contribution in [0.15, 0.2) is 449 Å². The Hall–Kier alpha value is -17.2. The molecule has 0 fully saturated rings. The highest BCUT2D eigenvalue weighted by atomic mass is 15.0. The first kappa shape index (κ1) is 72.4. The smallest absolute Gasteiger partial charge is 0.160 e. The first-order chi connectivity index (χ1) is 63.5. The van der Waals surface area contributed by atoms with Gasteiger partial charge in [-0.1, -0.05) is 358 Å². The molecule has 0 radical (unpaired) electrons. The largest absolute Gasteiger partial charge is 0.309 e. The van der Waals surface area contributed by atoms with E-state index in [-0.39, 0.29) is 0 Å². The van der Waals surface area contributed by atoms with Crippen molar-refractivity contribution in [2.45, 2.75) is 0 Å². The van der Waals surface area contributed by atoms with Gasteiger partial charge in [-0.05, 0) is 157 Å². The van der Waals surface area contributed by atoms with Crippen LogP contribution >= 0.6 is 0 Å². The zero-order valence-corrected chi connectivity index (χ0v) is 69.3. The standard InChI is InChI=1S/C120H74N8/c1-5-28-75(29-6-1)77-52-56-80(57-53-77)103-73-104(122-119(121-103)81-58-54-78(55-59-81)76-30-7-2-8-31-76)95-64-67-110(96-44-20-19-43-92(95)96)127-108-50-25-22-46-101(108)115-111(127)68-66-100-98-61-60-83(71-114(98)126(118(100)115)86-37-11-4-12-38-86)88-62-63-94(91-42-18-17-41-90(88)91)106-74-105(93-48-27-34-79-32-13-15-39-87(79)93)123-120(124-106)84-70-82-33-14-16-40-89(82)113(72-84)128-109-51-26-23-47-102(109)116-112(128)69-65-99-97-45-21-24-49-107(97)125(117(99)116)85-35-9-3-10-36-85/h1-74H. The summed E-state index contributed by atoms with van der Waals surface area (Å²) in [5.74, 6) is 1.29. The molecule has 8 nitrogen and oxygen atoms in total. The number of hydrogen-bond donors (Lipinski definition) is 0. The Morgan fingerprint density at radius 3 is 1.12 bits per heavy atom. The Morgan fingerprint density at radius 1 is 0.156 bits per heavy atom. The third kappa shape index (κ3) is 11.6. The molecule has 0 bridgehead atoms. The fourth-order valence-electron chi connectivity index (χ4n) is 20.6. The van der Waals surface area contributed by atoms with Crippen molar-refractivity contribution in [1.29, 1.82) is 0 Å². The first-order valence-corrected chi connectivity index (χ1v) is 43.7. The molecule has 6 heterocycles. The average molecular weight is 1630 g/mol. The molecule has 0 atom stereocenters. The molecule has 0 unspecified atom stereocenters. The van der Waals surface area contributed by atoms with Gasteiger partial charge in [-0.3, -0.25) is 0 Å². The van der Waals surface area contributed by atoms with E-state index in [1.54, 1.807) is 0 Å². The topological polar surface area (TPSA) is 71.3 Å². The molecule has 0 saturated carbocycles. The highest BCUT2D eigenvalue weighted by molar-refractivity contribution is 6.29. The van der Waals surface area contributed by atoms with E-state index in [0.29, 0.717) is 11.6 Å². The zero-order chi connectivity index (χ0) is 84.0. The minimum atomic E-state index is 0.631. The fraction of sp³-hybridized carbons (Fsp3) is 0. The van der Waals surface area contributed by atoms with Gasteiger partial charge in [0, 0.05) is 98.6 Å². The van der Waals surface area contributed by atoms with Gasteiger partial charge < -0.3 is 18.3 Å². The molecule has 26 rings (SSSR count). The second-order valence-corrected chi connectivity index (χ2v) is 33.4. The van der Waals surface area contributed by atoms with E-state index in [0.717, 1.165) is 188 Å². The lowest BCUT2D eigenvalue weighted by Crippen LogP contribution is -2.00. The maximum atomic E-state index is 5.81. The van der Waals surface area contributed by atoms with E-state index in [9.17, 15) is 0 Å². The molecular weight excluding hydrogens is 1550 g/mol. The summed E-state index contributed by atoms with van der Waals surface area (Å²) in [6, 6.07) is 163. The van der Waals surface area contributed by atoms with Crippen molar-refractivity contribution in [3.63, 3.8) is 0 Å².